The molecule has 0 bridgehead atoms. The summed E-state index contributed by atoms with van der Waals surface area (Å²) in [5.74, 6) is -0.0145. The van der Waals surface area contributed by atoms with Crippen LogP contribution in [0.2, 0.25) is 5.02 Å². The third-order valence-corrected chi connectivity index (χ3v) is 6.51. The summed E-state index contributed by atoms with van der Waals surface area (Å²) in [6, 6.07) is 20.6. The summed E-state index contributed by atoms with van der Waals surface area (Å²) < 4.78 is 2.95. The number of benzene rings is 2. The zero-order valence-electron chi connectivity index (χ0n) is 17.5. The van der Waals surface area contributed by atoms with E-state index < -0.39 is 5.41 Å². The fraction of sp³-hybridized carbons (Fsp3) is 0.240. The Morgan fingerprint density at radius 2 is 1.84 bits per heavy atom. The number of amides is 1. The molecule has 1 aliphatic rings. The first-order valence-electron chi connectivity index (χ1n) is 10.8. The van der Waals surface area contributed by atoms with Crippen LogP contribution in [-0.2, 0) is 16.8 Å². The molecule has 2 aromatic heterocycles. The number of fused-ring (bicyclic) bond motifs is 1. The van der Waals surface area contributed by atoms with Crippen molar-refractivity contribution in [2.45, 2.75) is 37.6 Å². The summed E-state index contributed by atoms with van der Waals surface area (Å²) in [7, 11) is 0. The molecule has 2 aromatic carbocycles. The standard InChI is InChI=1S/C25H23ClN4O2/c26-20-9-6-8-19(16-20)25(12-2-3-13-25)23(31)27-21-10-5-7-18(15-21)17-30-24(32)29-14-4-1-11-22(29)28-30/h1,4-11,14-16H,2-3,12-13,17H2,(H,27,31). The summed E-state index contributed by atoms with van der Waals surface area (Å²) in [6.45, 7) is 0.323. The minimum absolute atomic E-state index is 0.0145. The van der Waals surface area contributed by atoms with Crippen LogP contribution >= 0.6 is 11.6 Å². The van der Waals surface area contributed by atoms with Crippen LogP contribution in [0.1, 0.15) is 36.8 Å². The van der Waals surface area contributed by atoms with Crippen molar-refractivity contribution >= 4 is 28.8 Å². The van der Waals surface area contributed by atoms with Crippen molar-refractivity contribution in [3.63, 3.8) is 0 Å². The molecule has 1 amide bonds. The van der Waals surface area contributed by atoms with E-state index in [0.717, 1.165) is 36.8 Å². The number of nitrogens with zero attached hydrogens (tertiary/aromatic N) is 3. The van der Waals surface area contributed by atoms with Gasteiger partial charge in [-0.15, -0.1) is 5.10 Å². The lowest BCUT2D eigenvalue weighted by Crippen LogP contribution is -2.38. The molecular weight excluding hydrogens is 424 g/mol. The van der Waals surface area contributed by atoms with E-state index in [1.165, 1.54) is 9.08 Å². The molecule has 1 saturated carbocycles. The Labute approximate surface area is 190 Å². The number of carbonyl (C=O) groups is 1. The second-order valence-corrected chi connectivity index (χ2v) is 8.76. The molecule has 1 fully saturated rings. The van der Waals surface area contributed by atoms with Crippen molar-refractivity contribution < 1.29 is 4.79 Å². The molecule has 0 unspecified atom stereocenters. The van der Waals surface area contributed by atoms with Gasteiger partial charge in [0, 0.05) is 16.9 Å². The maximum atomic E-state index is 13.5. The van der Waals surface area contributed by atoms with E-state index >= 15 is 0 Å². The lowest BCUT2D eigenvalue weighted by atomic mass is 9.78. The summed E-state index contributed by atoms with van der Waals surface area (Å²) in [4.78, 5) is 26.0. The molecule has 162 valence electrons. The van der Waals surface area contributed by atoms with E-state index in [9.17, 15) is 9.59 Å². The molecular formula is C25H23ClN4O2. The predicted octanol–water partition coefficient (Wildman–Crippen LogP) is 4.65. The fourth-order valence-electron chi connectivity index (χ4n) is 4.65. The van der Waals surface area contributed by atoms with Gasteiger partial charge in [-0.05, 0) is 60.4 Å². The number of hydrogen-bond donors (Lipinski definition) is 1. The largest absolute Gasteiger partial charge is 0.350 e. The molecule has 2 heterocycles. The van der Waals surface area contributed by atoms with Crippen LogP contribution in [0.4, 0.5) is 5.69 Å². The van der Waals surface area contributed by atoms with Gasteiger partial charge >= 0.3 is 5.69 Å². The molecule has 0 saturated heterocycles. The van der Waals surface area contributed by atoms with Crippen LogP contribution < -0.4 is 11.0 Å². The van der Waals surface area contributed by atoms with E-state index in [-0.39, 0.29) is 11.6 Å². The summed E-state index contributed by atoms with van der Waals surface area (Å²) in [5, 5.41) is 8.14. The number of hydrogen-bond acceptors (Lipinski definition) is 3. The number of rotatable bonds is 5. The Morgan fingerprint density at radius 3 is 2.62 bits per heavy atom. The van der Waals surface area contributed by atoms with Crippen LogP contribution in [0.25, 0.3) is 5.65 Å². The Bertz CT molecular complexity index is 1350. The molecule has 0 atom stereocenters. The summed E-state index contributed by atoms with van der Waals surface area (Å²) in [5.41, 5.74) is 2.40. The number of anilines is 1. The maximum absolute atomic E-state index is 13.5. The van der Waals surface area contributed by atoms with Gasteiger partial charge in [0.25, 0.3) is 0 Å². The van der Waals surface area contributed by atoms with Gasteiger partial charge in [-0.3, -0.25) is 9.20 Å². The van der Waals surface area contributed by atoms with Crippen LogP contribution in [0.15, 0.2) is 77.7 Å². The van der Waals surface area contributed by atoms with E-state index in [1.54, 1.807) is 18.3 Å². The average Bonchev–Trinajstić information content (AvgIpc) is 3.41. The highest BCUT2D eigenvalue weighted by atomic mass is 35.5. The van der Waals surface area contributed by atoms with Crippen molar-refractivity contribution in [2.24, 2.45) is 0 Å². The van der Waals surface area contributed by atoms with Crippen LogP contribution in [0.5, 0.6) is 0 Å². The fourth-order valence-corrected chi connectivity index (χ4v) is 4.84. The highest BCUT2D eigenvalue weighted by Gasteiger charge is 2.42. The molecule has 32 heavy (non-hydrogen) atoms. The topological polar surface area (TPSA) is 68.4 Å². The summed E-state index contributed by atoms with van der Waals surface area (Å²) >= 11 is 6.22. The van der Waals surface area contributed by atoms with Crippen LogP contribution in [-0.4, -0.2) is 20.1 Å². The average molecular weight is 447 g/mol. The lowest BCUT2D eigenvalue weighted by Gasteiger charge is -2.28. The molecule has 0 aliphatic heterocycles. The van der Waals surface area contributed by atoms with Crippen molar-refractivity contribution in [2.75, 3.05) is 5.32 Å². The lowest BCUT2D eigenvalue weighted by molar-refractivity contribution is -0.121. The van der Waals surface area contributed by atoms with E-state index in [1.807, 2.05) is 54.6 Å². The number of carbonyl (C=O) groups excluding carboxylic acids is 1. The third-order valence-electron chi connectivity index (χ3n) is 6.27. The SMILES string of the molecule is O=C(Nc1cccc(Cn2nc3ccccn3c2=O)c1)C1(c2cccc(Cl)c2)CCCC1. The van der Waals surface area contributed by atoms with Crippen molar-refractivity contribution in [1.82, 2.24) is 14.2 Å². The first-order chi connectivity index (χ1) is 15.5. The van der Waals surface area contributed by atoms with E-state index in [4.69, 9.17) is 11.6 Å². The first kappa shape index (κ1) is 20.5. The predicted molar refractivity (Wildman–Crippen MR) is 125 cm³/mol. The van der Waals surface area contributed by atoms with Crippen LogP contribution in [0, 0.1) is 0 Å². The van der Waals surface area contributed by atoms with Crippen molar-refractivity contribution in [1.29, 1.82) is 0 Å². The smallest absolute Gasteiger partial charge is 0.325 e. The number of halogens is 1. The number of nitrogens with one attached hydrogen (secondary N) is 1. The van der Waals surface area contributed by atoms with Gasteiger partial charge in [-0.25, -0.2) is 9.48 Å². The maximum Gasteiger partial charge on any atom is 0.350 e. The zero-order valence-corrected chi connectivity index (χ0v) is 18.3. The second kappa shape index (κ2) is 8.28. The molecule has 1 aliphatic carbocycles. The first-order valence-corrected chi connectivity index (χ1v) is 11.1. The highest BCUT2D eigenvalue weighted by molar-refractivity contribution is 6.30. The van der Waals surface area contributed by atoms with Crippen molar-refractivity contribution in [3.05, 3.63) is 99.6 Å². The molecule has 0 radical (unpaired) electrons. The van der Waals surface area contributed by atoms with Crippen LogP contribution in [0.3, 0.4) is 0 Å². The van der Waals surface area contributed by atoms with Gasteiger partial charge in [0.1, 0.15) is 0 Å². The van der Waals surface area contributed by atoms with Gasteiger partial charge in [-0.2, -0.15) is 0 Å². The van der Waals surface area contributed by atoms with Gasteiger partial charge in [0.15, 0.2) is 5.65 Å². The van der Waals surface area contributed by atoms with Gasteiger partial charge in [0.05, 0.1) is 12.0 Å². The minimum Gasteiger partial charge on any atom is -0.325 e. The third kappa shape index (κ3) is 3.71. The van der Waals surface area contributed by atoms with Gasteiger partial charge < -0.3 is 5.32 Å². The molecule has 6 nitrogen and oxygen atoms in total. The molecule has 4 aromatic rings. The second-order valence-electron chi connectivity index (χ2n) is 8.32. The van der Waals surface area contributed by atoms with E-state index in [2.05, 4.69) is 10.4 Å². The molecule has 7 heteroatoms. The Balaban J connectivity index is 1.40. The minimum atomic E-state index is -0.570. The molecule has 5 rings (SSSR count). The number of aromatic nitrogens is 3. The molecule has 1 N–H and O–H groups in total. The Kier molecular flexibility index (Phi) is 5.31. The zero-order chi connectivity index (χ0) is 22.1. The number of pyridine rings is 1. The molecule has 0 spiro atoms. The highest BCUT2D eigenvalue weighted by Crippen LogP contribution is 2.42. The quantitative estimate of drug-likeness (QED) is 0.485. The Hall–Kier alpha value is -3.38. The normalized spacial score (nSPS) is 15.2. The van der Waals surface area contributed by atoms with Crippen molar-refractivity contribution in [3.8, 4) is 0 Å². The van der Waals surface area contributed by atoms with E-state index in [0.29, 0.717) is 22.9 Å². The van der Waals surface area contributed by atoms with Gasteiger partial charge in [0.2, 0.25) is 5.91 Å². The summed E-state index contributed by atoms with van der Waals surface area (Å²) in [6.07, 6.45) is 5.33. The monoisotopic (exact) mass is 446 g/mol. The van der Waals surface area contributed by atoms with Gasteiger partial charge in [-0.1, -0.05) is 54.8 Å². The Morgan fingerprint density at radius 1 is 1.03 bits per heavy atom.